The minimum Gasteiger partial charge on any atom is -0.487 e. The second-order valence-electron chi connectivity index (χ2n) is 6.26. The maximum absolute atomic E-state index is 12.4. The summed E-state index contributed by atoms with van der Waals surface area (Å²) in [5.41, 5.74) is 2.68. The SMILES string of the molecule is Cc1nc(COc2cccc(C(=O)OCc3coc(-c4ccccc4)n3)c2)cs1. The van der Waals surface area contributed by atoms with Crippen LogP contribution in [0.3, 0.4) is 0 Å². The van der Waals surface area contributed by atoms with Gasteiger partial charge < -0.3 is 13.9 Å². The van der Waals surface area contributed by atoms with Gasteiger partial charge in [0.1, 0.15) is 30.9 Å². The summed E-state index contributed by atoms with van der Waals surface area (Å²) in [6.07, 6.45) is 1.49. The zero-order valence-corrected chi connectivity index (χ0v) is 16.5. The molecule has 4 aromatic rings. The maximum atomic E-state index is 12.4. The average Bonchev–Trinajstić information content (AvgIpc) is 3.40. The van der Waals surface area contributed by atoms with E-state index in [1.54, 1.807) is 35.6 Å². The Morgan fingerprint density at radius 3 is 2.69 bits per heavy atom. The number of hydrogen-bond donors (Lipinski definition) is 0. The number of aryl methyl sites for hydroxylation is 1. The van der Waals surface area contributed by atoms with Crippen molar-refractivity contribution in [3.8, 4) is 17.2 Å². The highest BCUT2D eigenvalue weighted by atomic mass is 32.1. The molecule has 6 nitrogen and oxygen atoms in total. The molecule has 2 aromatic carbocycles. The zero-order chi connectivity index (χ0) is 20.1. The Labute approximate surface area is 171 Å². The number of nitrogens with zero attached hydrogens (tertiary/aromatic N) is 2. The van der Waals surface area contributed by atoms with Crippen LogP contribution in [0, 0.1) is 6.92 Å². The summed E-state index contributed by atoms with van der Waals surface area (Å²) in [6, 6.07) is 16.4. The van der Waals surface area contributed by atoms with Crippen LogP contribution in [-0.4, -0.2) is 15.9 Å². The fourth-order valence-corrected chi connectivity index (χ4v) is 3.25. The van der Waals surface area contributed by atoms with Gasteiger partial charge in [0.2, 0.25) is 5.89 Å². The monoisotopic (exact) mass is 406 g/mol. The third-order valence-corrected chi connectivity index (χ3v) is 4.87. The van der Waals surface area contributed by atoms with Crippen LogP contribution in [0.2, 0.25) is 0 Å². The van der Waals surface area contributed by atoms with Gasteiger partial charge in [-0.25, -0.2) is 14.8 Å². The molecule has 0 radical (unpaired) electrons. The van der Waals surface area contributed by atoms with Crippen LogP contribution in [0.15, 0.2) is 70.7 Å². The molecule has 0 saturated heterocycles. The van der Waals surface area contributed by atoms with Crippen molar-refractivity contribution >= 4 is 17.3 Å². The predicted octanol–water partition coefficient (Wildman–Crippen LogP) is 5.04. The third kappa shape index (κ3) is 4.89. The van der Waals surface area contributed by atoms with Crippen molar-refractivity contribution in [2.75, 3.05) is 0 Å². The van der Waals surface area contributed by atoms with Gasteiger partial charge in [0.25, 0.3) is 0 Å². The van der Waals surface area contributed by atoms with Crippen LogP contribution in [0.25, 0.3) is 11.5 Å². The highest BCUT2D eigenvalue weighted by Crippen LogP contribution is 2.20. The summed E-state index contributed by atoms with van der Waals surface area (Å²) in [6.45, 7) is 2.32. The highest BCUT2D eigenvalue weighted by Gasteiger charge is 2.12. The quantitative estimate of drug-likeness (QED) is 0.400. The molecular formula is C22H18N2O4S. The molecular weight excluding hydrogens is 388 g/mol. The molecule has 29 heavy (non-hydrogen) atoms. The van der Waals surface area contributed by atoms with Crippen LogP contribution in [0.4, 0.5) is 0 Å². The van der Waals surface area contributed by atoms with E-state index in [0.29, 0.717) is 29.5 Å². The molecule has 0 atom stereocenters. The summed E-state index contributed by atoms with van der Waals surface area (Å²) >= 11 is 1.57. The highest BCUT2D eigenvalue weighted by molar-refractivity contribution is 7.09. The predicted molar refractivity (Wildman–Crippen MR) is 109 cm³/mol. The Morgan fingerprint density at radius 1 is 1.03 bits per heavy atom. The number of carbonyl (C=O) groups is 1. The molecule has 0 unspecified atom stereocenters. The minimum atomic E-state index is -0.454. The molecule has 0 saturated carbocycles. The third-order valence-electron chi connectivity index (χ3n) is 4.05. The van der Waals surface area contributed by atoms with Crippen molar-refractivity contribution in [1.29, 1.82) is 0 Å². The molecule has 0 bridgehead atoms. The molecule has 2 heterocycles. The summed E-state index contributed by atoms with van der Waals surface area (Å²) in [4.78, 5) is 21.1. The Kier molecular flexibility index (Phi) is 5.67. The first-order chi connectivity index (χ1) is 14.2. The van der Waals surface area contributed by atoms with E-state index in [-0.39, 0.29) is 6.61 Å². The number of hydrogen-bond acceptors (Lipinski definition) is 7. The number of esters is 1. The fourth-order valence-electron chi connectivity index (χ4n) is 2.65. The summed E-state index contributed by atoms with van der Waals surface area (Å²) < 4.78 is 16.5. The Morgan fingerprint density at radius 2 is 1.90 bits per heavy atom. The van der Waals surface area contributed by atoms with Crippen LogP contribution >= 0.6 is 11.3 Å². The standard InChI is InChI=1S/C22H18N2O4S/c1-15-23-19(14-29-15)13-26-20-9-5-8-17(10-20)22(25)28-12-18-11-27-21(24-18)16-6-3-2-4-7-16/h2-11,14H,12-13H2,1H3. The number of aromatic nitrogens is 2. The van der Waals surface area contributed by atoms with Crippen LogP contribution < -0.4 is 4.74 Å². The van der Waals surface area contributed by atoms with Crippen LogP contribution in [0.1, 0.15) is 26.8 Å². The Balaban J connectivity index is 1.34. The van der Waals surface area contributed by atoms with Gasteiger partial charge in [-0.05, 0) is 37.3 Å². The topological polar surface area (TPSA) is 74.5 Å². The van der Waals surface area contributed by atoms with Crippen LogP contribution in [-0.2, 0) is 18.0 Å². The molecule has 0 aliphatic carbocycles. The van der Waals surface area contributed by atoms with Crippen LogP contribution in [0.5, 0.6) is 5.75 Å². The summed E-state index contributed by atoms with van der Waals surface area (Å²) in [5.74, 6) is 0.617. The Bertz CT molecular complexity index is 1100. The second kappa shape index (κ2) is 8.70. The summed E-state index contributed by atoms with van der Waals surface area (Å²) in [5, 5.41) is 2.94. The first-order valence-corrected chi connectivity index (χ1v) is 9.86. The van der Waals surface area contributed by atoms with Gasteiger partial charge in [-0.3, -0.25) is 0 Å². The van der Waals surface area contributed by atoms with Gasteiger partial charge in [0, 0.05) is 10.9 Å². The molecule has 0 fully saturated rings. The van der Waals surface area contributed by atoms with E-state index in [1.165, 1.54) is 6.26 Å². The van der Waals surface area contributed by atoms with E-state index in [0.717, 1.165) is 16.3 Å². The van der Waals surface area contributed by atoms with E-state index in [4.69, 9.17) is 13.9 Å². The average molecular weight is 406 g/mol. The van der Waals surface area contributed by atoms with Crippen molar-refractivity contribution < 1.29 is 18.7 Å². The van der Waals surface area contributed by atoms with Crippen molar-refractivity contribution in [3.63, 3.8) is 0 Å². The first kappa shape index (κ1) is 18.9. The molecule has 0 N–H and O–H groups in total. The van der Waals surface area contributed by atoms with Gasteiger partial charge in [-0.15, -0.1) is 11.3 Å². The lowest BCUT2D eigenvalue weighted by atomic mass is 10.2. The number of carbonyl (C=O) groups excluding carboxylic acids is 1. The van der Waals surface area contributed by atoms with Gasteiger partial charge in [-0.1, -0.05) is 24.3 Å². The largest absolute Gasteiger partial charge is 0.487 e. The number of benzene rings is 2. The molecule has 7 heteroatoms. The lowest BCUT2D eigenvalue weighted by molar-refractivity contribution is 0.0467. The maximum Gasteiger partial charge on any atom is 0.338 e. The molecule has 0 aliphatic heterocycles. The first-order valence-electron chi connectivity index (χ1n) is 8.98. The number of ether oxygens (including phenoxy) is 2. The Hall–Kier alpha value is -3.45. The molecule has 0 aliphatic rings. The number of rotatable bonds is 7. The second-order valence-corrected chi connectivity index (χ2v) is 7.32. The van der Waals surface area contributed by atoms with Gasteiger partial charge >= 0.3 is 5.97 Å². The van der Waals surface area contributed by atoms with Gasteiger partial charge in [-0.2, -0.15) is 0 Å². The molecule has 2 aromatic heterocycles. The van der Waals surface area contributed by atoms with Crippen molar-refractivity contribution in [2.24, 2.45) is 0 Å². The zero-order valence-electron chi connectivity index (χ0n) is 15.7. The van der Waals surface area contributed by atoms with E-state index in [9.17, 15) is 4.79 Å². The lowest BCUT2D eigenvalue weighted by Gasteiger charge is -2.07. The van der Waals surface area contributed by atoms with E-state index >= 15 is 0 Å². The van der Waals surface area contributed by atoms with E-state index < -0.39 is 5.97 Å². The van der Waals surface area contributed by atoms with Crippen molar-refractivity contribution in [3.05, 3.63) is 88.2 Å². The van der Waals surface area contributed by atoms with Gasteiger partial charge in [0.15, 0.2) is 0 Å². The molecule has 0 amide bonds. The normalized spacial score (nSPS) is 10.7. The lowest BCUT2D eigenvalue weighted by Crippen LogP contribution is -2.06. The number of oxazole rings is 1. The van der Waals surface area contributed by atoms with E-state index in [2.05, 4.69) is 9.97 Å². The fraction of sp³-hybridized carbons (Fsp3) is 0.136. The molecule has 4 rings (SSSR count). The smallest absolute Gasteiger partial charge is 0.338 e. The van der Waals surface area contributed by atoms with Gasteiger partial charge in [0.05, 0.1) is 16.3 Å². The van der Waals surface area contributed by atoms with Crippen molar-refractivity contribution in [1.82, 2.24) is 9.97 Å². The molecule has 146 valence electrons. The number of thiazole rings is 1. The molecule has 0 spiro atoms. The van der Waals surface area contributed by atoms with Crippen molar-refractivity contribution in [2.45, 2.75) is 20.1 Å². The van der Waals surface area contributed by atoms with E-state index in [1.807, 2.05) is 42.6 Å². The minimum absolute atomic E-state index is 0.0261. The summed E-state index contributed by atoms with van der Waals surface area (Å²) in [7, 11) is 0.